The van der Waals surface area contributed by atoms with Crippen molar-refractivity contribution < 1.29 is 13.9 Å². The number of carbonyl (C=O) groups is 1. The number of ether oxygens (including phenoxy) is 1. The first-order chi connectivity index (χ1) is 15.2. The molecule has 2 aromatic heterocycles. The molecule has 0 saturated heterocycles. The van der Waals surface area contributed by atoms with Crippen LogP contribution in [0, 0.1) is 12.7 Å². The molecule has 0 unspecified atom stereocenters. The van der Waals surface area contributed by atoms with Crippen molar-refractivity contribution >= 4 is 49.9 Å². The maximum atomic E-state index is 15.0. The van der Waals surface area contributed by atoms with Crippen LogP contribution in [0.1, 0.15) is 39.5 Å². The lowest BCUT2D eigenvalue weighted by Crippen LogP contribution is -2.41. The lowest BCUT2D eigenvalue weighted by atomic mass is 10.00. The van der Waals surface area contributed by atoms with E-state index in [4.69, 9.17) is 10.5 Å². The van der Waals surface area contributed by atoms with Gasteiger partial charge in [-0.15, -0.1) is 11.3 Å². The van der Waals surface area contributed by atoms with Crippen molar-refractivity contribution in [2.45, 2.75) is 26.6 Å². The number of hydrazine groups is 1. The Balaban J connectivity index is 1.53. The van der Waals surface area contributed by atoms with Crippen LogP contribution in [0.3, 0.4) is 0 Å². The van der Waals surface area contributed by atoms with Crippen LogP contribution in [0.2, 0.25) is 0 Å². The predicted molar refractivity (Wildman–Crippen MR) is 124 cm³/mol. The van der Waals surface area contributed by atoms with Gasteiger partial charge in [-0.3, -0.25) is 14.8 Å². The molecule has 0 saturated carbocycles. The van der Waals surface area contributed by atoms with E-state index in [1.165, 1.54) is 11.1 Å². The van der Waals surface area contributed by atoms with E-state index in [1.54, 1.807) is 36.5 Å². The molecule has 0 spiro atoms. The number of halogens is 1. The molecule has 2 aromatic carbocycles. The minimum Gasteiger partial charge on any atom is -0.383 e. The number of hydrogen-bond donors (Lipinski definition) is 1. The molecule has 164 valence electrons. The van der Waals surface area contributed by atoms with Gasteiger partial charge in [0.05, 0.1) is 44.7 Å². The monoisotopic (exact) mass is 451 g/mol. The van der Waals surface area contributed by atoms with E-state index in [2.05, 4.69) is 9.97 Å². The van der Waals surface area contributed by atoms with Gasteiger partial charge in [0.2, 0.25) is 0 Å². The summed E-state index contributed by atoms with van der Waals surface area (Å²) in [5.41, 5.74) is 9.83. The van der Waals surface area contributed by atoms with E-state index < -0.39 is 11.7 Å². The Morgan fingerprint density at radius 2 is 2.00 bits per heavy atom. The van der Waals surface area contributed by atoms with Crippen LogP contribution in [0.4, 0.5) is 15.9 Å². The number of carbonyl (C=O) groups excluding carboxylic acids is 1. The van der Waals surface area contributed by atoms with Gasteiger partial charge in [-0.1, -0.05) is 0 Å². The van der Waals surface area contributed by atoms with Gasteiger partial charge in [0.25, 0.3) is 5.91 Å². The summed E-state index contributed by atoms with van der Waals surface area (Å²) >= 11 is 1.59. The number of pyridine rings is 1. The normalized spacial score (nSPS) is 15.3. The van der Waals surface area contributed by atoms with E-state index in [1.807, 2.05) is 32.0 Å². The standard InChI is InChI=1S/C23H22FN5O2S/c1-11-21-16(10-31-11)14-8-15(17(24)9-19(14)27-22(21)25)23(30)29(4)28(3)13-5-6-18-20(7-13)32-12(2)26-18/h5-9,11H,10H2,1-4H3,(H2,25,27)/t11-/m1/s1. The highest BCUT2D eigenvalue weighted by molar-refractivity contribution is 7.18. The molecule has 1 aliphatic rings. The molecule has 5 rings (SSSR count). The van der Waals surface area contributed by atoms with Crippen LogP contribution in [0.15, 0.2) is 30.3 Å². The molecule has 0 aliphatic carbocycles. The summed E-state index contributed by atoms with van der Waals surface area (Å²) < 4.78 is 21.7. The minimum absolute atomic E-state index is 0.0325. The van der Waals surface area contributed by atoms with Crippen molar-refractivity contribution in [1.82, 2.24) is 15.0 Å². The second kappa shape index (κ2) is 7.39. The first kappa shape index (κ1) is 20.6. The van der Waals surface area contributed by atoms with Gasteiger partial charge in [0, 0.05) is 31.1 Å². The van der Waals surface area contributed by atoms with Gasteiger partial charge in [-0.05, 0) is 43.7 Å². The van der Waals surface area contributed by atoms with Crippen molar-refractivity contribution in [2.75, 3.05) is 24.8 Å². The van der Waals surface area contributed by atoms with Crippen LogP contribution in [0.25, 0.3) is 21.1 Å². The number of anilines is 2. The fourth-order valence-corrected chi connectivity index (χ4v) is 5.03. The molecule has 0 bridgehead atoms. The summed E-state index contributed by atoms with van der Waals surface area (Å²) in [5.74, 6) is -0.776. The van der Waals surface area contributed by atoms with Gasteiger partial charge in [-0.25, -0.2) is 14.4 Å². The van der Waals surface area contributed by atoms with Crippen molar-refractivity contribution in [1.29, 1.82) is 0 Å². The highest BCUT2D eigenvalue weighted by atomic mass is 32.1. The average molecular weight is 452 g/mol. The van der Waals surface area contributed by atoms with Gasteiger partial charge in [0.15, 0.2) is 0 Å². The fraction of sp³-hybridized carbons (Fsp3) is 0.261. The van der Waals surface area contributed by atoms with Gasteiger partial charge < -0.3 is 10.5 Å². The van der Waals surface area contributed by atoms with Crippen molar-refractivity contribution in [3.63, 3.8) is 0 Å². The van der Waals surface area contributed by atoms with Crippen LogP contribution >= 0.6 is 11.3 Å². The minimum atomic E-state index is -0.643. The Labute approximate surface area is 188 Å². The molecule has 1 amide bonds. The smallest absolute Gasteiger partial charge is 0.275 e. The zero-order valence-corrected chi connectivity index (χ0v) is 19.0. The second-order valence-corrected chi connectivity index (χ2v) is 9.16. The molecule has 7 nitrogen and oxygen atoms in total. The van der Waals surface area contributed by atoms with E-state index in [0.717, 1.165) is 32.0 Å². The molecule has 2 N–H and O–H groups in total. The van der Waals surface area contributed by atoms with Crippen LogP contribution in [-0.4, -0.2) is 35.0 Å². The van der Waals surface area contributed by atoms with Crippen LogP contribution in [-0.2, 0) is 11.3 Å². The summed E-state index contributed by atoms with van der Waals surface area (Å²) in [4.78, 5) is 22.1. The number of hydrogen-bond acceptors (Lipinski definition) is 7. The van der Waals surface area contributed by atoms with E-state index in [-0.39, 0.29) is 11.7 Å². The Hall–Kier alpha value is -3.30. The van der Waals surface area contributed by atoms with E-state index in [0.29, 0.717) is 23.3 Å². The van der Waals surface area contributed by atoms with E-state index >= 15 is 0 Å². The molecule has 4 aromatic rings. The largest absolute Gasteiger partial charge is 0.383 e. The summed E-state index contributed by atoms with van der Waals surface area (Å²) in [7, 11) is 3.38. The highest BCUT2D eigenvalue weighted by Crippen LogP contribution is 2.38. The van der Waals surface area contributed by atoms with Crippen molar-refractivity contribution in [3.8, 4) is 0 Å². The maximum absolute atomic E-state index is 15.0. The predicted octanol–water partition coefficient (Wildman–Crippen LogP) is 4.59. The number of aryl methyl sites for hydroxylation is 1. The number of aromatic nitrogens is 2. The molecule has 1 aliphatic heterocycles. The molecule has 32 heavy (non-hydrogen) atoms. The van der Waals surface area contributed by atoms with Gasteiger partial charge in [-0.2, -0.15) is 0 Å². The number of thiazole rings is 1. The first-order valence-electron chi connectivity index (χ1n) is 10.2. The Bertz CT molecular complexity index is 1400. The third kappa shape index (κ3) is 3.16. The lowest BCUT2D eigenvalue weighted by molar-refractivity contribution is 0.0781. The highest BCUT2D eigenvalue weighted by Gasteiger charge is 2.28. The van der Waals surface area contributed by atoms with Crippen molar-refractivity contribution in [3.05, 3.63) is 57.8 Å². The average Bonchev–Trinajstić information content (AvgIpc) is 3.33. The molecule has 3 heterocycles. The zero-order valence-electron chi connectivity index (χ0n) is 18.1. The molecular formula is C23H22FN5O2S. The number of nitrogen functional groups attached to an aromatic ring is 1. The molecule has 1 atom stereocenters. The fourth-order valence-electron chi connectivity index (χ4n) is 4.16. The molecular weight excluding hydrogens is 429 g/mol. The number of fused-ring (bicyclic) bond motifs is 4. The Morgan fingerprint density at radius 3 is 2.78 bits per heavy atom. The summed E-state index contributed by atoms with van der Waals surface area (Å²) in [6.07, 6.45) is -0.190. The van der Waals surface area contributed by atoms with Crippen LogP contribution in [0.5, 0.6) is 0 Å². The van der Waals surface area contributed by atoms with Crippen molar-refractivity contribution in [2.24, 2.45) is 0 Å². The molecule has 0 radical (unpaired) electrons. The van der Waals surface area contributed by atoms with E-state index in [9.17, 15) is 9.18 Å². The third-order valence-corrected chi connectivity index (χ3v) is 6.90. The van der Waals surface area contributed by atoms with Gasteiger partial charge in [0.1, 0.15) is 11.6 Å². The number of nitrogens with two attached hydrogens (primary N) is 1. The summed E-state index contributed by atoms with van der Waals surface area (Å²) in [6, 6.07) is 8.60. The molecule has 9 heteroatoms. The molecule has 0 fully saturated rings. The number of nitrogens with zero attached hydrogens (tertiary/aromatic N) is 4. The third-order valence-electron chi connectivity index (χ3n) is 5.96. The first-order valence-corrected chi connectivity index (χ1v) is 11.0. The summed E-state index contributed by atoms with van der Waals surface area (Å²) in [6.45, 7) is 4.20. The SMILES string of the molecule is Cc1nc2ccc(N(C)N(C)C(=O)c3cc4c5c(c(N)nc4cc3F)[C@@H](C)OC5)cc2s1. The zero-order chi connectivity index (χ0) is 22.7. The lowest BCUT2D eigenvalue weighted by Gasteiger charge is -2.30. The maximum Gasteiger partial charge on any atom is 0.275 e. The van der Waals surface area contributed by atoms with Crippen LogP contribution < -0.4 is 10.7 Å². The van der Waals surface area contributed by atoms with Gasteiger partial charge >= 0.3 is 0 Å². The Morgan fingerprint density at radius 1 is 1.22 bits per heavy atom. The quantitative estimate of drug-likeness (QED) is 0.459. The Kier molecular flexibility index (Phi) is 4.75. The topological polar surface area (TPSA) is 84.6 Å². The second-order valence-electron chi connectivity index (χ2n) is 7.93. The summed E-state index contributed by atoms with van der Waals surface area (Å²) in [5, 5.41) is 4.74. The number of amides is 1. The number of rotatable bonds is 3. The number of benzene rings is 2.